The van der Waals surface area contributed by atoms with Crippen LogP contribution >= 0.6 is 7.82 Å². The van der Waals surface area contributed by atoms with Crippen LogP contribution in [0, 0.1) is 0 Å². The van der Waals surface area contributed by atoms with E-state index in [1.165, 1.54) is 83.5 Å². The molecule has 0 fully saturated rings. The molecular weight excluding hydrogens is 661 g/mol. The number of allylic oxidation sites excluding steroid dienone is 2. The van der Waals surface area contributed by atoms with Crippen molar-refractivity contribution in [3.05, 3.63) is 12.2 Å². The monoisotopic (exact) mass is 733 g/mol. The van der Waals surface area contributed by atoms with E-state index in [4.69, 9.17) is 13.8 Å². The Morgan fingerprint density at radius 2 is 1.04 bits per heavy atom. The SMILES string of the molecule is CCCCCCC/C=C\CCCCCCCC(=O)OCC(O)COP(=O)(O)OCC(NC(=O)CCCCCCCCCCCCCC)C(=O)O. The average Bonchev–Trinajstić information content (AvgIpc) is 3.08. The molecule has 0 heterocycles. The number of esters is 1. The van der Waals surface area contributed by atoms with E-state index >= 15 is 0 Å². The van der Waals surface area contributed by atoms with Crippen LogP contribution in [0.4, 0.5) is 0 Å². The molecule has 0 aromatic rings. The number of aliphatic carboxylic acids is 1. The van der Waals surface area contributed by atoms with E-state index in [0.29, 0.717) is 12.8 Å². The Morgan fingerprint density at radius 1 is 0.620 bits per heavy atom. The van der Waals surface area contributed by atoms with Crippen LogP contribution < -0.4 is 5.32 Å². The molecule has 11 nitrogen and oxygen atoms in total. The van der Waals surface area contributed by atoms with Crippen LogP contribution in [0.5, 0.6) is 0 Å². The smallest absolute Gasteiger partial charge is 0.472 e. The standard InChI is InChI=1S/C38H72NO10P/c1-3-5-7-9-11-13-15-17-18-20-22-24-26-28-30-37(42)47-31-34(40)32-48-50(45,46)49-33-35(38(43)44)39-36(41)29-27-25-23-21-19-16-14-12-10-8-6-4-2/h15,17,34-35,40H,3-14,16,18-33H2,1-2H3,(H,39,41)(H,43,44)(H,45,46)/b17-15-. The lowest BCUT2D eigenvalue weighted by Crippen LogP contribution is -2.43. The van der Waals surface area contributed by atoms with Gasteiger partial charge in [0.05, 0.1) is 13.2 Å². The maximum atomic E-state index is 12.2. The van der Waals surface area contributed by atoms with Crippen LogP contribution in [0.15, 0.2) is 12.2 Å². The first-order valence-electron chi connectivity index (χ1n) is 19.7. The van der Waals surface area contributed by atoms with Crippen molar-refractivity contribution in [1.82, 2.24) is 5.32 Å². The number of amides is 1. The maximum Gasteiger partial charge on any atom is 0.472 e. The third-order valence-electron chi connectivity index (χ3n) is 8.55. The molecule has 3 unspecified atom stereocenters. The quantitative estimate of drug-likeness (QED) is 0.0209. The second-order valence-electron chi connectivity index (χ2n) is 13.5. The first-order valence-corrected chi connectivity index (χ1v) is 21.2. The summed E-state index contributed by atoms with van der Waals surface area (Å²) in [4.78, 5) is 45.7. The lowest BCUT2D eigenvalue weighted by atomic mass is 10.0. The number of carbonyl (C=O) groups is 3. The number of phosphoric acid groups is 1. The molecule has 0 aromatic heterocycles. The lowest BCUT2D eigenvalue weighted by molar-refractivity contribution is -0.147. The molecule has 50 heavy (non-hydrogen) atoms. The zero-order chi connectivity index (χ0) is 37.1. The van der Waals surface area contributed by atoms with Crippen LogP contribution in [-0.4, -0.2) is 64.9 Å². The topological polar surface area (TPSA) is 169 Å². The molecule has 1 amide bonds. The predicted molar refractivity (Wildman–Crippen MR) is 199 cm³/mol. The zero-order valence-electron chi connectivity index (χ0n) is 31.5. The van der Waals surface area contributed by atoms with Gasteiger partial charge in [-0.25, -0.2) is 9.36 Å². The molecule has 0 aliphatic carbocycles. The summed E-state index contributed by atoms with van der Waals surface area (Å²) in [6, 6.07) is -1.54. The normalized spacial score (nSPS) is 14.0. The van der Waals surface area contributed by atoms with Crippen LogP contribution in [0.2, 0.25) is 0 Å². The summed E-state index contributed by atoms with van der Waals surface area (Å²) in [6.45, 7) is 2.56. The first kappa shape index (κ1) is 48.2. The molecule has 12 heteroatoms. The summed E-state index contributed by atoms with van der Waals surface area (Å²) in [5.41, 5.74) is 0. The number of phosphoric ester groups is 1. The summed E-state index contributed by atoms with van der Waals surface area (Å²) in [5.74, 6) is -2.38. The number of hydrogen-bond acceptors (Lipinski definition) is 8. The number of rotatable bonds is 37. The van der Waals surface area contributed by atoms with Gasteiger partial charge < -0.3 is 25.2 Å². The highest BCUT2D eigenvalue weighted by Gasteiger charge is 2.28. The summed E-state index contributed by atoms with van der Waals surface area (Å²) < 4.78 is 26.7. The molecule has 0 aliphatic heterocycles. The van der Waals surface area contributed by atoms with E-state index in [9.17, 15) is 34.1 Å². The Morgan fingerprint density at radius 3 is 1.52 bits per heavy atom. The van der Waals surface area contributed by atoms with Gasteiger partial charge in [0.15, 0.2) is 6.04 Å². The minimum atomic E-state index is -4.74. The van der Waals surface area contributed by atoms with Gasteiger partial charge in [0, 0.05) is 12.8 Å². The summed E-state index contributed by atoms with van der Waals surface area (Å²) in [7, 11) is -4.74. The zero-order valence-corrected chi connectivity index (χ0v) is 32.4. The van der Waals surface area contributed by atoms with Crippen LogP contribution in [-0.2, 0) is 32.7 Å². The Bertz CT molecular complexity index is 916. The van der Waals surface area contributed by atoms with Gasteiger partial charge >= 0.3 is 19.8 Å². The average molecular weight is 734 g/mol. The molecule has 0 aromatic carbocycles. The first-order chi connectivity index (χ1) is 24.1. The largest absolute Gasteiger partial charge is 0.480 e. The molecule has 4 N–H and O–H groups in total. The van der Waals surface area contributed by atoms with E-state index < -0.39 is 57.6 Å². The molecule has 0 rings (SSSR count). The predicted octanol–water partition coefficient (Wildman–Crippen LogP) is 9.33. The van der Waals surface area contributed by atoms with Crippen LogP contribution in [0.25, 0.3) is 0 Å². The minimum Gasteiger partial charge on any atom is -0.480 e. The minimum absolute atomic E-state index is 0.149. The van der Waals surface area contributed by atoms with Crippen molar-refractivity contribution in [2.45, 2.75) is 193 Å². The number of hydrogen-bond donors (Lipinski definition) is 4. The maximum absolute atomic E-state index is 12.2. The van der Waals surface area contributed by atoms with Crippen molar-refractivity contribution < 1.29 is 47.8 Å². The van der Waals surface area contributed by atoms with Gasteiger partial charge in [-0.1, -0.05) is 142 Å². The van der Waals surface area contributed by atoms with Gasteiger partial charge in [-0.2, -0.15) is 0 Å². The fraction of sp³-hybridized carbons (Fsp3) is 0.868. The molecule has 0 saturated heterocycles. The third kappa shape index (κ3) is 33.4. The van der Waals surface area contributed by atoms with Gasteiger partial charge in [0.2, 0.25) is 5.91 Å². The summed E-state index contributed by atoms with van der Waals surface area (Å²) in [6.07, 6.45) is 31.0. The Hall–Kier alpha value is -1.78. The number of aliphatic hydroxyl groups excluding tert-OH is 1. The highest BCUT2D eigenvalue weighted by atomic mass is 31.2. The molecule has 0 saturated carbocycles. The van der Waals surface area contributed by atoms with Crippen molar-refractivity contribution in [2.75, 3.05) is 19.8 Å². The van der Waals surface area contributed by atoms with Gasteiger partial charge in [0.1, 0.15) is 12.7 Å². The number of nitrogens with one attached hydrogen (secondary N) is 1. The molecule has 0 spiro atoms. The Kier molecular flexibility index (Phi) is 33.1. The van der Waals surface area contributed by atoms with Crippen molar-refractivity contribution in [3.63, 3.8) is 0 Å². The van der Waals surface area contributed by atoms with Crippen LogP contribution in [0.3, 0.4) is 0 Å². The third-order valence-corrected chi connectivity index (χ3v) is 9.51. The second kappa shape index (κ2) is 34.3. The number of ether oxygens (including phenoxy) is 1. The van der Waals surface area contributed by atoms with E-state index in [-0.39, 0.29) is 12.8 Å². The fourth-order valence-electron chi connectivity index (χ4n) is 5.43. The number of carboxylic acids is 1. The fourth-order valence-corrected chi connectivity index (χ4v) is 6.20. The van der Waals surface area contributed by atoms with Crippen molar-refractivity contribution >= 4 is 25.7 Å². The summed E-state index contributed by atoms with van der Waals surface area (Å²) >= 11 is 0. The van der Waals surface area contributed by atoms with E-state index in [2.05, 4.69) is 31.3 Å². The molecule has 294 valence electrons. The number of carbonyl (C=O) groups excluding carboxylic acids is 2. The highest BCUT2D eigenvalue weighted by molar-refractivity contribution is 7.47. The van der Waals surface area contributed by atoms with Gasteiger partial charge in [-0.3, -0.25) is 18.6 Å². The van der Waals surface area contributed by atoms with Crippen molar-refractivity contribution in [2.24, 2.45) is 0 Å². The van der Waals surface area contributed by atoms with Gasteiger partial charge in [-0.05, 0) is 38.5 Å². The van der Waals surface area contributed by atoms with Crippen molar-refractivity contribution in [3.8, 4) is 0 Å². The van der Waals surface area contributed by atoms with Crippen molar-refractivity contribution in [1.29, 1.82) is 0 Å². The Labute approximate surface area is 303 Å². The number of aliphatic hydroxyl groups is 1. The number of carboxylic acid groups (broad SMARTS) is 1. The van der Waals surface area contributed by atoms with E-state index in [1.54, 1.807) is 0 Å². The number of unbranched alkanes of at least 4 members (excludes halogenated alkanes) is 21. The summed E-state index contributed by atoms with van der Waals surface area (Å²) in [5, 5.41) is 21.7. The second-order valence-corrected chi connectivity index (χ2v) is 14.9. The lowest BCUT2D eigenvalue weighted by Gasteiger charge is -2.18. The van der Waals surface area contributed by atoms with Crippen LogP contribution in [0.1, 0.15) is 181 Å². The van der Waals surface area contributed by atoms with E-state index in [0.717, 1.165) is 57.8 Å². The molecule has 0 bridgehead atoms. The molecule has 0 radical (unpaired) electrons. The van der Waals surface area contributed by atoms with E-state index in [1.807, 2.05) is 0 Å². The molecular formula is C38H72NO10P. The molecule has 3 atom stereocenters. The van der Waals surface area contributed by atoms with Gasteiger partial charge in [0.25, 0.3) is 0 Å². The Balaban J connectivity index is 3.95. The highest BCUT2D eigenvalue weighted by Crippen LogP contribution is 2.43. The molecule has 0 aliphatic rings. The van der Waals surface area contributed by atoms with Gasteiger partial charge in [-0.15, -0.1) is 0 Å².